The molecule has 0 radical (unpaired) electrons. The van der Waals surface area contributed by atoms with Gasteiger partial charge in [-0.25, -0.2) is 8.42 Å². The molecule has 1 amide bonds. The second kappa shape index (κ2) is 7.30. The Morgan fingerprint density at radius 2 is 2.13 bits per heavy atom. The highest BCUT2D eigenvalue weighted by molar-refractivity contribution is 7.92. The molecule has 2 rings (SSSR count). The number of halogens is 1. The molecule has 0 aliphatic heterocycles. The lowest BCUT2D eigenvalue weighted by atomic mass is 10.3. The van der Waals surface area contributed by atoms with Crippen LogP contribution < -0.4 is 14.8 Å². The van der Waals surface area contributed by atoms with Gasteiger partial charge in [0.15, 0.2) is 6.61 Å². The number of likely N-dealkylation sites (N-methyl/N-ethyl adjacent to an activating group) is 1. The van der Waals surface area contributed by atoms with Crippen LogP contribution >= 0.6 is 11.6 Å². The summed E-state index contributed by atoms with van der Waals surface area (Å²) in [5.74, 6) is -0.105. The summed E-state index contributed by atoms with van der Waals surface area (Å²) in [5, 5.41) is 2.48. The number of benzene rings is 1. The average molecular weight is 356 g/mol. The Bertz CT molecular complexity index is 797. The van der Waals surface area contributed by atoms with Crippen LogP contribution in [-0.4, -0.2) is 33.0 Å². The third kappa shape index (κ3) is 4.57. The van der Waals surface area contributed by atoms with Gasteiger partial charge in [0.1, 0.15) is 5.75 Å². The second-order valence-electron chi connectivity index (χ2n) is 4.40. The van der Waals surface area contributed by atoms with Gasteiger partial charge in [-0.3, -0.25) is 14.5 Å². The van der Waals surface area contributed by atoms with E-state index in [9.17, 15) is 13.2 Å². The van der Waals surface area contributed by atoms with Gasteiger partial charge in [-0.1, -0.05) is 11.6 Å². The first-order valence-corrected chi connectivity index (χ1v) is 8.34. The first kappa shape index (κ1) is 17.0. The van der Waals surface area contributed by atoms with Crippen molar-refractivity contribution < 1.29 is 17.9 Å². The maximum absolute atomic E-state index is 12.3. The molecule has 0 fully saturated rings. The van der Waals surface area contributed by atoms with E-state index in [1.54, 1.807) is 12.1 Å². The van der Waals surface area contributed by atoms with Crippen molar-refractivity contribution in [2.24, 2.45) is 0 Å². The number of pyridine rings is 1. The van der Waals surface area contributed by atoms with Crippen molar-refractivity contribution in [1.29, 1.82) is 0 Å². The molecule has 1 aromatic carbocycles. The molecule has 0 aliphatic rings. The van der Waals surface area contributed by atoms with Gasteiger partial charge in [0, 0.05) is 13.2 Å². The number of ether oxygens (including phenoxy) is 1. The van der Waals surface area contributed by atoms with Gasteiger partial charge < -0.3 is 10.1 Å². The van der Waals surface area contributed by atoms with E-state index < -0.39 is 10.0 Å². The number of rotatable bonds is 6. The smallest absolute Gasteiger partial charge is 0.261 e. The number of hydrogen-bond donors (Lipinski definition) is 2. The number of hydrogen-bond acceptors (Lipinski definition) is 5. The highest BCUT2D eigenvalue weighted by Gasteiger charge is 2.16. The zero-order chi connectivity index (χ0) is 16.9. The minimum absolute atomic E-state index is 0.0290. The van der Waals surface area contributed by atoms with Crippen molar-refractivity contribution in [2.75, 3.05) is 18.4 Å². The second-order valence-corrected chi connectivity index (χ2v) is 6.49. The van der Waals surface area contributed by atoms with Crippen molar-refractivity contribution in [3.05, 3.63) is 47.7 Å². The highest BCUT2D eigenvalue weighted by Crippen LogP contribution is 2.28. The lowest BCUT2D eigenvalue weighted by Gasteiger charge is -2.10. The van der Waals surface area contributed by atoms with E-state index in [-0.39, 0.29) is 28.2 Å². The van der Waals surface area contributed by atoms with Crippen LogP contribution in [-0.2, 0) is 14.8 Å². The third-order valence-electron chi connectivity index (χ3n) is 2.77. The van der Waals surface area contributed by atoms with Crippen molar-refractivity contribution >= 4 is 33.2 Å². The molecule has 1 aromatic heterocycles. The van der Waals surface area contributed by atoms with Gasteiger partial charge in [0.2, 0.25) is 0 Å². The van der Waals surface area contributed by atoms with E-state index in [1.807, 2.05) is 0 Å². The van der Waals surface area contributed by atoms with Crippen LogP contribution in [0.5, 0.6) is 5.75 Å². The number of carbonyl (C=O) groups excluding carboxylic acids is 1. The average Bonchev–Trinajstić information content (AvgIpc) is 2.53. The number of anilines is 1. The van der Waals surface area contributed by atoms with Gasteiger partial charge >= 0.3 is 0 Å². The molecule has 0 saturated heterocycles. The van der Waals surface area contributed by atoms with E-state index in [1.165, 1.54) is 37.6 Å². The number of nitrogens with zero attached hydrogens (tertiary/aromatic N) is 1. The molecular weight excluding hydrogens is 342 g/mol. The monoisotopic (exact) mass is 355 g/mol. The number of sulfonamides is 1. The summed E-state index contributed by atoms with van der Waals surface area (Å²) in [6, 6.07) is 7.17. The molecule has 7 nitrogen and oxygen atoms in total. The van der Waals surface area contributed by atoms with Gasteiger partial charge in [-0.05, 0) is 30.3 Å². The first-order chi connectivity index (χ1) is 10.9. The Balaban J connectivity index is 2.17. The molecule has 0 spiro atoms. The standard InChI is InChI=1S/C14H14ClN3O4S/c1-16-14(19)9-22-13-5-4-11(7-12(13)15)23(20,21)18-10-3-2-6-17-8-10/h2-8,18H,9H2,1H3,(H,16,19). The zero-order valence-electron chi connectivity index (χ0n) is 12.1. The van der Waals surface area contributed by atoms with E-state index in [4.69, 9.17) is 16.3 Å². The Morgan fingerprint density at radius 1 is 1.35 bits per heavy atom. The van der Waals surface area contributed by atoms with E-state index in [0.29, 0.717) is 5.69 Å². The molecular formula is C14H14ClN3O4S. The Hall–Kier alpha value is -2.32. The molecule has 122 valence electrons. The molecule has 1 heterocycles. The van der Waals surface area contributed by atoms with Crippen LogP contribution in [0.25, 0.3) is 0 Å². The predicted octanol–water partition coefficient (Wildman–Crippen LogP) is 1.66. The third-order valence-corrected chi connectivity index (χ3v) is 4.44. The Morgan fingerprint density at radius 3 is 2.74 bits per heavy atom. The van der Waals surface area contributed by atoms with Crippen LogP contribution in [0, 0.1) is 0 Å². The number of aromatic nitrogens is 1. The summed E-state index contributed by atoms with van der Waals surface area (Å²) in [6.45, 7) is -0.212. The van der Waals surface area contributed by atoms with Crippen LogP contribution in [0.1, 0.15) is 0 Å². The molecule has 2 aromatic rings. The minimum Gasteiger partial charge on any atom is -0.482 e. The Labute approximate surface area is 138 Å². The topological polar surface area (TPSA) is 97.4 Å². The van der Waals surface area contributed by atoms with Gasteiger partial charge in [-0.2, -0.15) is 0 Å². The van der Waals surface area contributed by atoms with Crippen LogP contribution in [0.4, 0.5) is 5.69 Å². The summed E-state index contributed by atoms with van der Waals surface area (Å²) in [6.07, 6.45) is 2.92. The van der Waals surface area contributed by atoms with Crippen LogP contribution in [0.15, 0.2) is 47.6 Å². The molecule has 0 bridgehead atoms. The molecule has 0 aliphatic carbocycles. The van der Waals surface area contributed by atoms with Crippen LogP contribution in [0.2, 0.25) is 5.02 Å². The number of amides is 1. The van der Waals surface area contributed by atoms with Crippen LogP contribution in [0.3, 0.4) is 0 Å². The highest BCUT2D eigenvalue weighted by atomic mass is 35.5. The maximum atomic E-state index is 12.3. The van der Waals surface area contributed by atoms with Gasteiger partial charge in [0.25, 0.3) is 15.9 Å². The summed E-state index contributed by atoms with van der Waals surface area (Å²) >= 11 is 6.00. The van der Waals surface area contributed by atoms with Crippen molar-refractivity contribution in [2.45, 2.75) is 4.90 Å². The summed E-state index contributed by atoms with van der Waals surface area (Å²) in [7, 11) is -2.32. The molecule has 23 heavy (non-hydrogen) atoms. The molecule has 0 atom stereocenters. The van der Waals surface area contributed by atoms with Crippen molar-refractivity contribution in [3.63, 3.8) is 0 Å². The van der Waals surface area contributed by atoms with E-state index in [0.717, 1.165) is 0 Å². The largest absolute Gasteiger partial charge is 0.482 e. The Kier molecular flexibility index (Phi) is 5.41. The lowest BCUT2D eigenvalue weighted by Crippen LogP contribution is -2.24. The summed E-state index contributed by atoms with van der Waals surface area (Å²) in [4.78, 5) is 14.9. The number of carbonyl (C=O) groups is 1. The number of nitrogens with one attached hydrogen (secondary N) is 2. The molecule has 9 heteroatoms. The van der Waals surface area contributed by atoms with Crippen molar-refractivity contribution in [3.8, 4) is 5.75 Å². The van der Waals surface area contributed by atoms with Gasteiger partial charge in [-0.15, -0.1) is 0 Å². The summed E-state index contributed by atoms with van der Waals surface area (Å²) in [5.41, 5.74) is 0.337. The van der Waals surface area contributed by atoms with Crippen molar-refractivity contribution in [1.82, 2.24) is 10.3 Å². The summed E-state index contributed by atoms with van der Waals surface area (Å²) < 4.78 is 32.1. The zero-order valence-corrected chi connectivity index (χ0v) is 13.7. The SMILES string of the molecule is CNC(=O)COc1ccc(S(=O)(=O)Nc2cccnc2)cc1Cl. The maximum Gasteiger partial charge on any atom is 0.261 e. The molecule has 0 saturated carbocycles. The van der Waals surface area contributed by atoms with Gasteiger partial charge in [0.05, 0.1) is 21.8 Å². The normalized spacial score (nSPS) is 10.9. The quantitative estimate of drug-likeness (QED) is 0.821. The fourth-order valence-electron chi connectivity index (χ4n) is 1.62. The predicted molar refractivity (Wildman–Crippen MR) is 86.1 cm³/mol. The molecule has 0 unspecified atom stereocenters. The minimum atomic E-state index is -3.80. The van der Waals surface area contributed by atoms with E-state index in [2.05, 4.69) is 15.0 Å². The van der Waals surface area contributed by atoms with E-state index >= 15 is 0 Å². The molecule has 2 N–H and O–H groups in total. The fourth-order valence-corrected chi connectivity index (χ4v) is 2.99. The lowest BCUT2D eigenvalue weighted by molar-refractivity contribution is -0.122. The fraction of sp³-hybridized carbons (Fsp3) is 0.143. The first-order valence-electron chi connectivity index (χ1n) is 6.48.